The predicted molar refractivity (Wildman–Crippen MR) is 40.7 cm³/mol. The maximum atomic E-state index is 10.6. The van der Waals surface area contributed by atoms with Crippen LogP contribution in [0, 0.1) is 11.3 Å². The summed E-state index contributed by atoms with van der Waals surface area (Å²) in [6.45, 7) is 0.594. The molecule has 0 radical (unpaired) electrons. The number of nitrogens with one attached hydrogen (secondary N) is 1. The first-order valence-corrected chi connectivity index (χ1v) is 5.27. The summed E-state index contributed by atoms with van der Waals surface area (Å²) in [6.07, 6.45) is 0.441. The van der Waals surface area contributed by atoms with Gasteiger partial charge in [-0.1, -0.05) is 0 Å². The second-order valence-corrected chi connectivity index (χ2v) is 4.79. The van der Waals surface area contributed by atoms with Crippen LogP contribution in [-0.4, -0.2) is 32.5 Å². The Labute approximate surface area is 66.1 Å². The normalized spacial score (nSPS) is 22.1. The molecule has 0 saturated carbocycles. The second kappa shape index (κ2) is 3.20. The molecule has 4 nitrogen and oxygen atoms in total. The van der Waals surface area contributed by atoms with Crippen molar-refractivity contribution in [3.63, 3.8) is 0 Å². The van der Waals surface area contributed by atoms with E-state index in [4.69, 9.17) is 5.26 Å². The van der Waals surface area contributed by atoms with Gasteiger partial charge in [-0.05, 0) is 0 Å². The third-order valence-electron chi connectivity index (χ3n) is 1.58. The zero-order chi connectivity index (χ0) is 8.32. The fraction of sp³-hybridized carbons (Fsp3) is 0.833. The van der Waals surface area contributed by atoms with Crippen molar-refractivity contribution in [1.29, 1.82) is 5.26 Å². The summed E-state index contributed by atoms with van der Waals surface area (Å²) in [4.78, 5) is 0. The molecule has 5 heteroatoms. The molecular formula is C6H10N2O2S. The lowest BCUT2D eigenvalue weighted by atomic mass is 10.3. The maximum Gasteiger partial charge on any atom is 0.153 e. The van der Waals surface area contributed by atoms with Gasteiger partial charge in [-0.3, -0.25) is 0 Å². The standard InChI is InChI=1S/C6H10N2O2S/c7-2-1-3-8-6-4-11(9,10)5-6/h6,8H,1,3-5H2. The van der Waals surface area contributed by atoms with E-state index >= 15 is 0 Å². The topological polar surface area (TPSA) is 70.0 Å². The number of nitriles is 1. The van der Waals surface area contributed by atoms with E-state index < -0.39 is 9.84 Å². The van der Waals surface area contributed by atoms with Gasteiger partial charge in [-0.15, -0.1) is 0 Å². The van der Waals surface area contributed by atoms with E-state index in [0.29, 0.717) is 13.0 Å². The third-order valence-corrected chi connectivity index (χ3v) is 3.40. The number of rotatable bonds is 3. The molecule has 0 aromatic rings. The van der Waals surface area contributed by atoms with Gasteiger partial charge in [0.05, 0.1) is 17.6 Å². The Morgan fingerprint density at radius 2 is 2.18 bits per heavy atom. The van der Waals surface area contributed by atoms with E-state index in [0.717, 1.165) is 0 Å². The van der Waals surface area contributed by atoms with Gasteiger partial charge in [0.2, 0.25) is 0 Å². The summed E-state index contributed by atoms with van der Waals surface area (Å²) in [5.41, 5.74) is 0. The minimum Gasteiger partial charge on any atom is -0.311 e. The van der Waals surface area contributed by atoms with E-state index in [2.05, 4.69) is 5.32 Å². The highest BCUT2D eigenvalue weighted by Crippen LogP contribution is 2.09. The molecule has 1 aliphatic rings. The molecule has 1 rings (SSSR count). The minimum atomic E-state index is -2.71. The van der Waals surface area contributed by atoms with Gasteiger partial charge >= 0.3 is 0 Å². The van der Waals surface area contributed by atoms with Gasteiger partial charge in [-0.25, -0.2) is 8.42 Å². The molecule has 1 saturated heterocycles. The maximum absolute atomic E-state index is 10.6. The zero-order valence-electron chi connectivity index (χ0n) is 6.08. The van der Waals surface area contributed by atoms with Crippen LogP contribution in [0.4, 0.5) is 0 Å². The van der Waals surface area contributed by atoms with E-state index in [1.165, 1.54) is 0 Å². The number of sulfone groups is 1. The molecule has 1 aliphatic heterocycles. The molecule has 0 aliphatic carbocycles. The highest BCUT2D eigenvalue weighted by atomic mass is 32.2. The van der Waals surface area contributed by atoms with Gasteiger partial charge in [0.25, 0.3) is 0 Å². The lowest BCUT2D eigenvalue weighted by Gasteiger charge is -2.26. The van der Waals surface area contributed by atoms with Crippen LogP contribution in [-0.2, 0) is 9.84 Å². The highest BCUT2D eigenvalue weighted by Gasteiger charge is 2.32. The first-order valence-electron chi connectivity index (χ1n) is 3.45. The van der Waals surface area contributed by atoms with Crippen LogP contribution in [0.1, 0.15) is 6.42 Å². The molecule has 1 heterocycles. The van der Waals surface area contributed by atoms with Crippen molar-refractivity contribution < 1.29 is 8.42 Å². The highest BCUT2D eigenvalue weighted by molar-refractivity contribution is 7.92. The zero-order valence-corrected chi connectivity index (χ0v) is 6.89. The van der Waals surface area contributed by atoms with Crippen LogP contribution in [0.15, 0.2) is 0 Å². The Kier molecular flexibility index (Phi) is 2.47. The quantitative estimate of drug-likeness (QED) is 0.574. The summed E-state index contributed by atoms with van der Waals surface area (Å²) in [5.74, 6) is 0.469. The summed E-state index contributed by atoms with van der Waals surface area (Å²) >= 11 is 0. The summed E-state index contributed by atoms with van der Waals surface area (Å²) < 4.78 is 21.2. The molecule has 0 spiro atoms. The Morgan fingerprint density at radius 1 is 1.55 bits per heavy atom. The van der Waals surface area contributed by atoms with Crippen LogP contribution >= 0.6 is 0 Å². The molecule has 0 unspecified atom stereocenters. The van der Waals surface area contributed by atoms with Crippen LogP contribution in [0.25, 0.3) is 0 Å². The molecule has 0 bridgehead atoms. The van der Waals surface area contributed by atoms with Crippen LogP contribution in [0.5, 0.6) is 0 Å². The number of hydrogen-bond acceptors (Lipinski definition) is 4. The van der Waals surface area contributed by atoms with Gasteiger partial charge < -0.3 is 5.32 Å². The molecule has 0 aromatic heterocycles. The lowest BCUT2D eigenvalue weighted by Crippen LogP contribution is -2.51. The van der Waals surface area contributed by atoms with Crippen LogP contribution in [0.3, 0.4) is 0 Å². The minimum absolute atomic E-state index is 0.0911. The summed E-state index contributed by atoms with van der Waals surface area (Å²) in [7, 11) is -2.71. The fourth-order valence-corrected chi connectivity index (χ4v) is 2.38. The van der Waals surface area contributed by atoms with E-state index in [1.807, 2.05) is 6.07 Å². The molecule has 11 heavy (non-hydrogen) atoms. The van der Waals surface area contributed by atoms with E-state index in [9.17, 15) is 8.42 Å². The van der Waals surface area contributed by atoms with Crippen LogP contribution < -0.4 is 5.32 Å². The van der Waals surface area contributed by atoms with Crippen molar-refractivity contribution in [3.8, 4) is 6.07 Å². The molecule has 0 aromatic carbocycles. The largest absolute Gasteiger partial charge is 0.311 e. The van der Waals surface area contributed by atoms with E-state index in [1.54, 1.807) is 0 Å². The van der Waals surface area contributed by atoms with Crippen molar-refractivity contribution >= 4 is 9.84 Å². The molecule has 62 valence electrons. The Hall–Kier alpha value is -0.600. The SMILES string of the molecule is N#CCCNC1CS(=O)(=O)C1. The number of hydrogen-bond donors (Lipinski definition) is 1. The Bertz CT molecular complexity index is 253. The van der Waals surface area contributed by atoms with Gasteiger partial charge in [-0.2, -0.15) is 5.26 Å². The second-order valence-electron chi connectivity index (χ2n) is 2.64. The third kappa shape index (κ3) is 2.48. The molecular weight excluding hydrogens is 164 g/mol. The molecule has 0 amide bonds. The molecule has 1 N–H and O–H groups in total. The first kappa shape index (κ1) is 8.50. The predicted octanol–water partition coefficient (Wildman–Crippen LogP) is -0.713. The van der Waals surface area contributed by atoms with Gasteiger partial charge in [0.15, 0.2) is 9.84 Å². The molecule has 1 fully saturated rings. The molecule has 0 atom stereocenters. The average molecular weight is 174 g/mol. The van der Waals surface area contributed by atoms with Gasteiger partial charge in [0, 0.05) is 19.0 Å². The van der Waals surface area contributed by atoms with Crippen molar-refractivity contribution in [3.05, 3.63) is 0 Å². The summed E-state index contributed by atoms with van der Waals surface area (Å²) in [5, 5.41) is 11.1. The van der Waals surface area contributed by atoms with Crippen molar-refractivity contribution in [1.82, 2.24) is 5.32 Å². The van der Waals surface area contributed by atoms with Crippen molar-refractivity contribution in [2.24, 2.45) is 0 Å². The van der Waals surface area contributed by atoms with E-state index in [-0.39, 0.29) is 17.5 Å². The average Bonchev–Trinajstić information content (AvgIpc) is 1.84. The van der Waals surface area contributed by atoms with Gasteiger partial charge in [0.1, 0.15) is 0 Å². The van der Waals surface area contributed by atoms with Crippen LogP contribution in [0.2, 0.25) is 0 Å². The van der Waals surface area contributed by atoms with Crippen molar-refractivity contribution in [2.75, 3.05) is 18.1 Å². The Balaban J connectivity index is 2.11. The summed E-state index contributed by atoms with van der Waals surface area (Å²) in [6, 6.07) is 2.07. The monoisotopic (exact) mass is 174 g/mol. The van der Waals surface area contributed by atoms with Crippen molar-refractivity contribution in [2.45, 2.75) is 12.5 Å². The number of nitrogens with zero attached hydrogens (tertiary/aromatic N) is 1. The Morgan fingerprint density at radius 3 is 2.64 bits per heavy atom. The lowest BCUT2D eigenvalue weighted by molar-refractivity contribution is 0.516. The fourth-order valence-electron chi connectivity index (χ4n) is 1.01. The smallest absolute Gasteiger partial charge is 0.153 e. The first-order chi connectivity index (χ1) is 5.14.